The highest BCUT2D eigenvalue weighted by atomic mass is 19.4. The van der Waals surface area contributed by atoms with Crippen LogP contribution in [0.3, 0.4) is 0 Å². The molecule has 20 nitrogen and oxygen atoms in total. The first-order chi connectivity index (χ1) is 35.6. The van der Waals surface area contributed by atoms with Gasteiger partial charge in [0, 0.05) is 125 Å². The number of rotatable bonds is 18. The third kappa shape index (κ3) is 20.4. The molecular weight excluding hydrogens is 1010 g/mol. The number of aliphatic carboxylic acids is 2. The maximum atomic E-state index is 13.4. The molecule has 0 amide bonds. The number of piperazine rings is 2. The van der Waals surface area contributed by atoms with Crippen LogP contribution < -0.4 is 30.7 Å². The van der Waals surface area contributed by atoms with Crippen molar-refractivity contribution in [1.29, 1.82) is 0 Å². The number of hydrogen-bond acceptors (Lipinski definition) is 16. The minimum absolute atomic E-state index is 0.193. The van der Waals surface area contributed by atoms with E-state index in [0.29, 0.717) is 88.0 Å². The largest absolute Gasteiger partial charge is 0.478 e. The van der Waals surface area contributed by atoms with Gasteiger partial charge in [-0.05, 0) is 52.6 Å². The fourth-order valence-corrected chi connectivity index (χ4v) is 7.56. The highest BCUT2D eigenvalue weighted by Gasteiger charge is 2.37. The Morgan fingerprint density at radius 2 is 0.868 bits per heavy atom. The zero-order chi connectivity index (χ0) is 56.4. The van der Waals surface area contributed by atoms with E-state index in [4.69, 9.17) is 19.7 Å². The van der Waals surface area contributed by atoms with Crippen molar-refractivity contribution in [3.63, 3.8) is 0 Å². The van der Waals surface area contributed by atoms with E-state index in [0.717, 1.165) is 77.1 Å². The summed E-state index contributed by atoms with van der Waals surface area (Å²) in [5.74, 6) is -0.800. The first kappa shape index (κ1) is 61.8. The molecular formula is C50H70F6N12O8. The average Bonchev–Trinajstić information content (AvgIpc) is 3.34. The van der Waals surface area contributed by atoms with Gasteiger partial charge in [-0.3, -0.25) is 18.9 Å². The number of anilines is 2. The van der Waals surface area contributed by atoms with Crippen LogP contribution in [-0.2, 0) is 45.9 Å². The van der Waals surface area contributed by atoms with Crippen LogP contribution in [0.4, 0.5) is 38.0 Å². The Bertz CT molecular complexity index is 2410. The number of aromatic nitrogens is 8. The molecule has 2 fully saturated rings. The molecule has 0 bridgehead atoms. The molecule has 0 radical (unpaired) electrons. The van der Waals surface area contributed by atoms with Crippen molar-refractivity contribution < 1.29 is 55.6 Å². The SMILES string of the molecule is CCOc1ccn(CCCCN2CCN(c3cc(C(F)(F)F)nc(C(C)(C)C)n3)CC2)c(=O)n1.CCOc1ccn(CCCCN2CCN(c3cc(C(F)(F)F)nc(C(C)(C)C)n3)CC2)c(=O)n1.O=C(O)/C=C/C(=O)O. The van der Waals surface area contributed by atoms with Gasteiger partial charge < -0.3 is 29.5 Å². The predicted octanol–water partition coefficient (Wildman–Crippen LogP) is 6.41. The van der Waals surface area contributed by atoms with Crippen molar-refractivity contribution in [2.24, 2.45) is 0 Å². The highest BCUT2D eigenvalue weighted by Crippen LogP contribution is 2.34. The Hall–Kier alpha value is -6.70. The summed E-state index contributed by atoms with van der Waals surface area (Å²) in [6.45, 7) is 23.6. The number of hydrogen-bond donors (Lipinski definition) is 2. The van der Waals surface area contributed by atoms with Crippen LogP contribution >= 0.6 is 0 Å². The minimum Gasteiger partial charge on any atom is -0.478 e. The molecule has 76 heavy (non-hydrogen) atoms. The van der Waals surface area contributed by atoms with Crippen LogP contribution in [0.15, 0.2) is 58.4 Å². The number of nitrogens with zero attached hydrogens (tertiary/aromatic N) is 12. The lowest BCUT2D eigenvalue weighted by Gasteiger charge is -2.36. The Morgan fingerprint density at radius 1 is 0.539 bits per heavy atom. The molecule has 6 heterocycles. The average molecular weight is 1080 g/mol. The summed E-state index contributed by atoms with van der Waals surface area (Å²) in [7, 11) is 0. The van der Waals surface area contributed by atoms with E-state index in [-0.39, 0.29) is 23.0 Å². The molecule has 2 aliphatic heterocycles. The van der Waals surface area contributed by atoms with Crippen LogP contribution in [0.2, 0.25) is 0 Å². The molecule has 6 rings (SSSR count). The fraction of sp³-hybridized carbons (Fsp3) is 0.600. The quantitative estimate of drug-likeness (QED) is 0.0623. The van der Waals surface area contributed by atoms with Gasteiger partial charge in [0.1, 0.15) is 34.7 Å². The molecule has 4 aromatic rings. The van der Waals surface area contributed by atoms with E-state index in [1.54, 1.807) is 33.7 Å². The second-order valence-corrected chi connectivity index (χ2v) is 19.8. The van der Waals surface area contributed by atoms with Crippen molar-refractivity contribution in [1.82, 2.24) is 48.8 Å². The molecule has 420 valence electrons. The summed E-state index contributed by atoms with van der Waals surface area (Å²) >= 11 is 0. The van der Waals surface area contributed by atoms with E-state index in [1.165, 1.54) is 0 Å². The number of aryl methyl sites for hydroxylation is 2. The first-order valence-electron chi connectivity index (χ1n) is 25.0. The van der Waals surface area contributed by atoms with Crippen LogP contribution in [0.5, 0.6) is 11.8 Å². The van der Waals surface area contributed by atoms with Crippen molar-refractivity contribution in [2.45, 2.75) is 117 Å². The topological polar surface area (TPSA) is 227 Å². The Balaban J connectivity index is 0.000000287. The number of carbonyl (C=O) groups is 2. The van der Waals surface area contributed by atoms with Crippen LogP contribution in [-0.4, -0.2) is 150 Å². The number of alkyl halides is 6. The lowest BCUT2D eigenvalue weighted by atomic mass is 9.95. The number of halogens is 6. The standard InChI is InChI=1S/2C23H33F3N6O2.C4H4O4/c2*1-5-34-19-8-11-32(21(33)29-19)10-7-6-9-30-12-14-31(15-13-30)18-16-17(23(24,25)26)27-20(28-18)22(2,3)4;5-3(6)1-2-4(7)8/h2*8,11,16H,5-7,9-10,12-15H2,1-4H3;1-2H,(H,5,6)(H,7,8)/b;;2-1+. The number of unbranched alkanes of at least 4 members (excludes halogenated alkanes) is 2. The highest BCUT2D eigenvalue weighted by molar-refractivity contribution is 5.89. The smallest absolute Gasteiger partial charge is 0.433 e. The summed E-state index contributed by atoms with van der Waals surface area (Å²) in [6.07, 6.45) is -1.06. The summed E-state index contributed by atoms with van der Waals surface area (Å²) in [5, 5.41) is 15.6. The van der Waals surface area contributed by atoms with Crippen LogP contribution in [0.25, 0.3) is 0 Å². The molecule has 0 aliphatic carbocycles. The Kier molecular flexibility index (Phi) is 22.7. The molecule has 0 atom stereocenters. The van der Waals surface area contributed by atoms with Gasteiger partial charge in [-0.25, -0.2) is 39.1 Å². The normalized spacial score (nSPS) is 14.9. The summed E-state index contributed by atoms with van der Waals surface area (Å²) in [6, 6.07) is 5.47. The maximum absolute atomic E-state index is 13.4. The number of ether oxygens (including phenoxy) is 2. The van der Waals surface area contributed by atoms with E-state index in [2.05, 4.69) is 39.7 Å². The zero-order valence-electron chi connectivity index (χ0n) is 44.3. The van der Waals surface area contributed by atoms with Gasteiger partial charge in [0.15, 0.2) is 0 Å². The zero-order valence-corrected chi connectivity index (χ0v) is 44.3. The van der Waals surface area contributed by atoms with E-state index < -0.39 is 46.5 Å². The monoisotopic (exact) mass is 1080 g/mol. The summed E-state index contributed by atoms with van der Waals surface area (Å²) < 4.78 is 94.0. The first-order valence-corrected chi connectivity index (χ1v) is 25.0. The molecule has 2 saturated heterocycles. The van der Waals surface area contributed by atoms with Gasteiger partial charge in [0.2, 0.25) is 11.8 Å². The van der Waals surface area contributed by atoms with Crippen molar-refractivity contribution in [3.05, 3.63) is 92.8 Å². The van der Waals surface area contributed by atoms with Crippen molar-refractivity contribution in [2.75, 3.05) is 88.5 Å². The number of carboxylic acid groups (broad SMARTS) is 2. The summed E-state index contributed by atoms with van der Waals surface area (Å²) in [5.41, 5.74) is -3.61. The molecule has 0 spiro atoms. The van der Waals surface area contributed by atoms with Gasteiger partial charge in [-0.2, -0.15) is 36.3 Å². The third-order valence-electron chi connectivity index (χ3n) is 11.6. The molecule has 26 heteroatoms. The Labute approximate surface area is 437 Å². The van der Waals surface area contributed by atoms with E-state index in [9.17, 15) is 45.5 Å². The van der Waals surface area contributed by atoms with E-state index in [1.807, 2.05) is 65.2 Å². The van der Waals surface area contributed by atoms with Gasteiger partial charge in [0.25, 0.3) is 0 Å². The molecule has 2 aliphatic rings. The Morgan fingerprint density at radius 3 is 1.14 bits per heavy atom. The molecule has 0 aromatic carbocycles. The predicted molar refractivity (Wildman–Crippen MR) is 271 cm³/mol. The van der Waals surface area contributed by atoms with Gasteiger partial charge in [0.05, 0.1) is 13.2 Å². The lowest BCUT2D eigenvalue weighted by Crippen LogP contribution is -2.47. The minimum atomic E-state index is -4.51. The molecule has 2 N–H and O–H groups in total. The summed E-state index contributed by atoms with van der Waals surface area (Å²) in [4.78, 5) is 75.8. The molecule has 0 unspecified atom stereocenters. The fourth-order valence-electron chi connectivity index (χ4n) is 7.56. The van der Waals surface area contributed by atoms with Gasteiger partial charge in [-0.15, -0.1) is 0 Å². The van der Waals surface area contributed by atoms with Crippen molar-refractivity contribution in [3.8, 4) is 11.8 Å². The second-order valence-electron chi connectivity index (χ2n) is 19.8. The van der Waals surface area contributed by atoms with Crippen LogP contribution in [0, 0.1) is 0 Å². The van der Waals surface area contributed by atoms with Gasteiger partial charge in [-0.1, -0.05) is 41.5 Å². The second kappa shape index (κ2) is 27.9. The van der Waals surface area contributed by atoms with E-state index >= 15 is 0 Å². The third-order valence-corrected chi connectivity index (χ3v) is 11.6. The molecule has 0 saturated carbocycles. The lowest BCUT2D eigenvalue weighted by molar-refractivity contribution is -0.142. The van der Waals surface area contributed by atoms with Crippen LogP contribution in [0.1, 0.15) is 104 Å². The molecule has 4 aromatic heterocycles. The van der Waals surface area contributed by atoms with Crippen molar-refractivity contribution >= 4 is 23.6 Å². The van der Waals surface area contributed by atoms with Gasteiger partial charge >= 0.3 is 35.7 Å². The maximum Gasteiger partial charge on any atom is 0.433 e. The number of carboxylic acids is 2.